The van der Waals surface area contributed by atoms with E-state index in [9.17, 15) is 14.0 Å². The van der Waals surface area contributed by atoms with Crippen LogP contribution in [0.3, 0.4) is 0 Å². The molecule has 6 heteroatoms. The Bertz CT molecular complexity index is 807. The number of nitrogens with zero attached hydrogens (tertiary/aromatic N) is 1. The highest BCUT2D eigenvalue weighted by atomic mass is 19.1. The highest BCUT2D eigenvalue weighted by molar-refractivity contribution is 6.03. The maximum Gasteiger partial charge on any atom is 0.265 e. The maximum absolute atomic E-state index is 13.3. The summed E-state index contributed by atoms with van der Waals surface area (Å²) in [4.78, 5) is 25.9. The van der Waals surface area contributed by atoms with Crippen LogP contribution in [0.4, 0.5) is 10.1 Å². The fourth-order valence-electron chi connectivity index (χ4n) is 2.58. The van der Waals surface area contributed by atoms with Crippen molar-refractivity contribution in [1.82, 2.24) is 4.90 Å². The van der Waals surface area contributed by atoms with E-state index in [4.69, 9.17) is 4.74 Å². The second kappa shape index (κ2) is 6.31. The zero-order chi connectivity index (χ0) is 17.3. The molecule has 1 aliphatic heterocycles. The van der Waals surface area contributed by atoms with Gasteiger partial charge in [-0.05, 0) is 36.8 Å². The molecule has 0 saturated carbocycles. The molecule has 124 valence electrons. The van der Waals surface area contributed by atoms with Crippen LogP contribution in [-0.2, 0) is 11.3 Å². The predicted molar refractivity (Wildman–Crippen MR) is 87.4 cm³/mol. The van der Waals surface area contributed by atoms with E-state index in [1.54, 1.807) is 44.3 Å². The number of hydrogen-bond acceptors (Lipinski definition) is 3. The van der Waals surface area contributed by atoms with Crippen molar-refractivity contribution in [3.63, 3.8) is 0 Å². The van der Waals surface area contributed by atoms with Gasteiger partial charge in [0.1, 0.15) is 5.82 Å². The number of nitrogens with one attached hydrogen (secondary N) is 1. The topological polar surface area (TPSA) is 58.6 Å². The number of halogens is 1. The van der Waals surface area contributed by atoms with E-state index in [1.807, 2.05) is 0 Å². The van der Waals surface area contributed by atoms with Crippen molar-refractivity contribution in [1.29, 1.82) is 0 Å². The molecular formula is C18H17FN2O3. The van der Waals surface area contributed by atoms with Gasteiger partial charge in [0.25, 0.3) is 11.8 Å². The molecule has 0 fully saturated rings. The molecule has 1 N–H and O–H groups in total. The Balaban J connectivity index is 1.85. The summed E-state index contributed by atoms with van der Waals surface area (Å²) in [5, 5.41) is 2.72. The van der Waals surface area contributed by atoms with Crippen LogP contribution in [0.2, 0.25) is 0 Å². The molecule has 2 aromatic carbocycles. The van der Waals surface area contributed by atoms with Crippen molar-refractivity contribution in [3.05, 3.63) is 59.4 Å². The summed E-state index contributed by atoms with van der Waals surface area (Å²) in [5.41, 5.74) is 1.53. The van der Waals surface area contributed by atoms with E-state index in [1.165, 1.54) is 17.0 Å². The Morgan fingerprint density at radius 3 is 2.79 bits per heavy atom. The Kier molecular flexibility index (Phi) is 4.20. The molecule has 24 heavy (non-hydrogen) atoms. The molecule has 0 spiro atoms. The van der Waals surface area contributed by atoms with Crippen LogP contribution in [0.5, 0.6) is 5.75 Å². The quantitative estimate of drug-likeness (QED) is 0.942. The van der Waals surface area contributed by atoms with Gasteiger partial charge in [-0.3, -0.25) is 9.59 Å². The van der Waals surface area contributed by atoms with Crippen molar-refractivity contribution in [2.75, 3.05) is 12.4 Å². The standard InChI is InChI=1S/C18H17FN2O3/c1-11-17(22)20-15-8-4-7-14(16(15)24-11)18(23)21(2)10-12-5-3-6-13(19)9-12/h3-9,11H,10H2,1-2H3,(H,20,22)/t11-/m0/s1. The largest absolute Gasteiger partial charge is 0.478 e. The lowest BCUT2D eigenvalue weighted by Gasteiger charge is -2.26. The molecule has 0 aliphatic carbocycles. The third kappa shape index (κ3) is 3.08. The first kappa shape index (κ1) is 16.0. The SMILES string of the molecule is C[C@@H]1Oc2c(cccc2C(=O)N(C)Cc2cccc(F)c2)NC1=O. The molecule has 3 rings (SSSR count). The van der Waals surface area contributed by atoms with Gasteiger partial charge in [-0.15, -0.1) is 0 Å². The summed E-state index contributed by atoms with van der Waals surface area (Å²) in [6, 6.07) is 11.1. The van der Waals surface area contributed by atoms with Crippen molar-refractivity contribution < 1.29 is 18.7 Å². The lowest BCUT2D eigenvalue weighted by molar-refractivity contribution is -0.122. The summed E-state index contributed by atoms with van der Waals surface area (Å²) < 4.78 is 18.9. The normalized spacial score (nSPS) is 16.0. The molecule has 5 nitrogen and oxygen atoms in total. The second-order valence-corrected chi connectivity index (χ2v) is 5.72. The number of carbonyl (C=O) groups excluding carboxylic acids is 2. The fourth-order valence-corrected chi connectivity index (χ4v) is 2.58. The number of hydrogen-bond donors (Lipinski definition) is 1. The van der Waals surface area contributed by atoms with Gasteiger partial charge in [0.05, 0.1) is 11.3 Å². The number of para-hydroxylation sites is 1. The van der Waals surface area contributed by atoms with Gasteiger partial charge in [0, 0.05) is 13.6 Å². The number of ether oxygens (including phenoxy) is 1. The molecule has 0 aromatic heterocycles. The molecule has 2 amide bonds. The average Bonchev–Trinajstić information content (AvgIpc) is 2.55. The third-order valence-corrected chi connectivity index (χ3v) is 3.82. The van der Waals surface area contributed by atoms with Gasteiger partial charge in [0.15, 0.2) is 11.9 Å². The summed E-state index contributed by atoms with van der Waals surface area (Å²) in [6.07, 6.45) is -0.667. The molecular weight excluding hydrogens is 311 g/mol. The number of fused-ring (bicyclic) bond motifs is 1. The summed E-state index contributed by atoms with van der Waals surface area (Å²) in [7, 11) is 1.64. The van der Waals surface area contributed by atoms with Gasteiger partial charge >= 0.3 is 0 Å². The molecule has 0 radical (unpaired) electrons. The average molecular weight is 328 g/mol. The second-order valence-electron chi connectivity index (χ2n) is 5.72. The highest BCUT2D eigenvalue weighted by Crippen LogP contribution is 2.34. The number of benzene rings is 2. The van der Waals surface area contributed by atoms with Crippen molar-refractivity contribution in [3.8, 4) is 5.75 Å². The molecule has 2 aromatic rings. The number of amides is 2. The van der Waals surface area contributed by atoms with E-state index in [-0.39, 0.29) is 24.2 Å². The first-order chi connectivity index (χ1) is 11.5. The van der Waals surface area contributed by atoms with Crippen LogP contribution < -0.4 is 10.1 Å². The lowest BCUT2D eigenvalue weighted by Crippen LogP contribution is -2.36. The van der Waals surface area contributed by atoms with Gasteiger partial charge in [-0.2, -0.15) is 0 Å². The van der Waals surface area contributed by atoms with Crippen LogP contribution in [0.1, 0.15) is 22.8 Å². The Labute approximate surface area is 139 Å². The van der Waals surface area contributed by atoms with Gasteiger partial charge < -0.3 is 15.0 Å². The Morgan fingerprint density at radius 2 is 2.04 bits per heavy atom. The summed E-state index contributed by atoms with van der Waals surface area (Å²) in [6.45, 7) is 1.89. The maximum atomic E-state index is 13.3. The molecule has 0 bridgehead atoms. The number of carbonyl (C=O) groups is 2. The van der Waals surface area contributed by atoms with Crippen LogP contribution >= 0.6 is 0 Å². The number of anilines is 1. The van der Waals surface area contributed by atoms with Crippen molar-refractivity contribution >= 4 is 17.5 Å². The van der Waals surface area contributed by atoms with Gasteiger partial charge in [-0.1, -0.05) is 18.2 Å². The lowest BCUT2D eigenvalue weighted by atomic mass is 10.1. The van der Waals surface area contributed by atoms with Crippen LogP contribution in [0.15, 0.2) is 42.5 Å². The van der Waals surface area contributed by atoms with Crippen LogP contribution in [-0.4, -0.2) is 29.9 Å². The molecule has 0 unspecified atom stereocenters. The minimum atomic E-state index is -0.667. The zero-order valence-corrected chi connectivity index (χ0v) is 13.4. The number of rotatable bonds is 3. The first-order valence-electron chi connectivity index (χ1n) is 7.56. The Morgan fingerprint density at radius 1 is 1.29 bits per heavy atom. The Hall–Kier alpha value is -2.89. The van der Waals surface area contributed by atoms with E-state index >= 15 is 0 Å². The van der Waals surface area contributed by atoms with Gasteiger partial charge in [0.2, 0.25) is 0 Å². The van der Waals surface area contributed by atoms with Crippen LogP contribution in [0.25, 0.3) is 0 Å². The highest BCUT2D eigenvalue weighted by Gasteiger charge is 2.28. The van der Waals surface area contributed by atoms with E-state index in [0.717, 1.165) is 0 Å². The van der Waals surface area contributed by atoms with Crippen molar-refractivity contribution in [2.24, 2.45) is 0 Å². The monoisotopic (exact) mass is 328 g/mol. The first-order valence-corrected chi connectivity index (χ1v) is 7.56. The van der Waals surface area contributed by atoms with E-state index < -0.39 is 6.10 Å². The third-order valence-electron chi connectivity index (χ3n) is 3.82. The van der Waals surface area contributed by atoms with Crippen LogP contribution in [0, 0.1) is 5.82 Å². The minimum absolute atomic E-state index is 0.250. The molecule has 1 aliphatic rings. The summed E-state index contributed by atoms with van der Waals surface area (Å²) in [5.74, 6) is -0.495. The fraction of sp³-hybridized carbons (Fsp3) is 0.222. The van der Waals surface area contributed by atoms with E-state index in [0.29, 0.717) is 22.6 Å². The predicted octanol–water partition coefficient (Wildman–Crippen LogP) is 2.82. The minimum Gasteiger partial charge on any atom is -0.478 e. The summed E-state index contributed by atoms with van der Waals surface area (Å²) >= 11 is 0. The zero-order valence-electron chi connectivity index (χ0n) is 13.4. The molecule has 0 saturated heterocycles. The smallest absolute Gasteiger partial charge is 0.265 e. The van der Waals surface area contributed by atoms with E-state index in [2.05, 4.69) is 5.32 Å². The van der Waals surface area contributed by atoms with Gasteiger partial charge in [-0.25, -0.2) is 4.39 Å². The van der Waals surface area contributed by atoms with Crippen molar-refractivity contribution in [2.45, 2.75) is 19.6 Å². The molecule has 1 heterocycles. The molecule has 1 atom stereocenters.